The van der Waals surface area contributed by atoms with E-state index in [9.17, 15) is 14.4 Å². The van der Waals surface area contributed by atoms with Crippen LogP contribution in [-0.2, 0) is 27.6 Å². The highest BCUT2D eigenvalue weighted by atomic mass is 28.5. The van der Waals surface area contributed by atoms with E-state index < -0.39 is 47.4 Å². The smallest absolute Gasteiger partial charge is 0.334 e. The number of anilines is 1. The summed E-state index contributed by atoms with van der Waals surface area (Å²) in [6.07, 6.45) is 0.595. The topological polar surface area (TPSA) is 193 Å². The molecule has 1 aliphatic rings. The van der Waals surface area contributed by atoms with Gasteiger partial charge in [0.25, 0.3) is 0 Å². The molecule has 1 aliphatic heterocycles. The normalized spacial score (nSPS) is 19.9. The van der Waals surface area contributed by atoms with Gasteiger partial charge in [-0.1, -0.05) is 55.4 Å². The third-order valence-corrected chi connectivity index (χ3v) is 17.6. The first-order valence-electron chi connectivity index (χ1n) is 14.4. The second-order valence-electron chi connectivity index (χ2n) is 12.0. The molecule has 2 aromatic rings. The number of nitrogens with two attached hydrogens (primary N) is 1. The summed E-state index contributed by atoms with van der Waals surface area (Å²) < 4.78 is 27.4. The summed E-state index contributed by atoms with van der Waals surface area (Å²) in [7, 11) is -6.16. The van der Waals surface area contributed by atoms with Crippen LogP contribution in [0, 0.1) is 0 Å². The fourth-order valence-electron chi connectivity index (χ4n) is 5.38. The zero-order valence-electron chi connectivity index (χ0n) is 25.7. The number of nitrogens with zero attached hydrogens (tertiary/aromatic N) is 4. The first-order chi connectivity index (χ1) is 19.7. The summed E-state index contributed by atoms with van der Waals surface area (Å²) in [5.41, 5.74) is 8.30. The van der Waals surface area contributed by atoms with Crippen LogP contribution < -0.4 is 11.2 Å². The van der Waals surface area contributed by atoms with Crippen molar-refractivity contribution in [2.45, 2.75) is 115 Å². The lowest BCUT2D eigenvalue weighted by atomic mass is 10.2. The lowest BCUT2D eigenvalue weighted by Crippen LogP contribution is -2.60. The van der Waals surface area contributed by atoms with Crippen LogP contribution in [0.25, 0.3) is 11.2 Å². The monoisotopic (exact) mass is 626 g/mol. The number of amides is 1. The van der Waals surface area contributed by atoms with Gasteiger partial charge in [-0.05, 0) is 22.2 Å². The fourth-order valence-corrected chi connectivity index (χ4v) is 15.2. The molecule has 1 saturated heterocycles. The molecule has 3 atom stereocenters. The zero-order valence-corrected chi connectivity index (χ0v) is 27.7. The molecule has 236 valence electrons. The largest absolute Gasteiger partial charge is 0.457 e. The molecule has 0 unspecified atom stereocenters. The lowest BCUT2D eigenvalue weighted by Gasteiger charge is -2.46. The van der Waals surface area contributed by atoms with Gasteiger partial charge in [0.05, 0.1) is 25.5 Å². The van der Waals surface area contributed by atoms with E-state index in [2.05, 4.69) is 42.6 Å². The van der Waals surface area contributed by atoms with Gasteiger partial charge < -0.3 is 28.5 Å². The van der Waals surface area contributed by atoms with Gasteiger partial charge in [-0.2, -0.15) is 0 Å². The Morgan fingerprint density at radius 3 is 2.29 bits per heavy atom. The minimum atomic E-state index is -3.15. The van der Waals surface area contributed by atoms with Crippen LogP contribution in [-0.4, -0.2) is 77.3 Å². The van der Waals surface area contributed by atoms with Gasteiger partial charge in [0.2, 0.25) is 5.91 Å². The number of rotatable bonds is 14. The molecule has 0 aromatic carbocycles. The van der Waals surface area contributed by atoms with Crippen molar-refractivity contribution < 1.29 is 37.6 Å². The number of hydrogen-bond acceptors (Lipinski definition) is 12. The molecule has 0 bridgehead atoms. The first-order valence-corrected chi connectivity index (χ1v) is 18.4. The Labute approximate surface area is 248 Å². The average Bonchev–Trinajstić information content (AvgIpc) is 3.53. The number of esters is 1. The number of aromatic nitrogens is 4. The molecule has 1 amide bonds. The molecule has 0 saturated carbocycles. The summed E-state index contributed by atoms with van der Waals surface area (Å²) in [5, 5.41) is 8.75. The predicted octanol–water partition coefficient (Wildman–Crippen LogP) is 3.44. The number of carbonyl (C=O) groups excluding carboxylic acids is 2. The lowest BCUT2D eigenvalue weighted by molar-refractivity contribution is -0.156. The molecule has 3 rings (SSSR count). The van der Waals surface area contributed by atoms with Crippen molar-refractivity contribution in [2.24, 2.45) is 0 Å². The maximum atomic E-state index is 12.7. The Hall–Kier alpha value is -2.48. The molecule has 5 N–H and O–H groups in total. The molecule has 0 radical (unpaired) electrons. The van der Waals surface area contributed by atoms with Crippen LogP contribution in [0.2, 0.25) is 22.2 Å². The van der Waals surface area contributed by atoms with Crippen LogP contribution in [0.5, 0.6) is 0 Å². The molecule has 14 nitrogen and oxygen atoms in total. The van der Waals surface area contributed by atoms with E-state index in [0.717, 1.165) is 0 Å². The van der Waals surface area contributed by atoms with Crippen molar-refractivity contribution in [3.63, 3.8) is 0 Å². The number of carbonyl (C=O) groups is 2. The van der Waals surface area contributed by atoms with Gasteiger partial charge in [0.1, 0.15) is 17.9 Å². The summed E-state index contributed by atoms with van der Waals surface area (Å²) in [4.78, 5) is 48.4. The molecular weight excluding hydrogens is 580 g/mol. The Kier molecular flexibility index (Phi) is 11.2. The van der Waals surface area contributed by atoms with Crippen molar-refractivity contribution in [1.29, 1.82) is 0 Å². The van der Waals surface area contributed by atoms with E-state index in [-0.39, 0.29) is 47.4 Å². The molecular formula is C26H46N6O8Si2. The average molecular weight is 627 g/mol. The number of ether oxygens (including phenoxy) is 2. The van der Waals surface area contributed by atoms with E-state index >= 15 is 0 Å². The van der Waals surface area contributed by atoms with E-state index in [1.807, 2.05) is 27.7 Å². The highest BCUT2D eigenvalue weighted by molar-refractivity contribution is 6.83. The summed E-state index contributed by atoms with van der Waals surface area (Å²) >= 11 is 0. The van der Waals surface area contributed by atoms with E-state index in [1.54, 1.807) is 4.57 Å². The second kappa shape index (κ2) is 13.9. The fraction of sp³-hybridized carbons (Fsp3) is 0.731. The number of nitrogens with one attached hydrogen (secondary N) is 1. The summed E-state index contributed by atoms with van der Waals surface area (Å²) in [6, 6.07) is 0. The van der Waals surface area contributed by atoms with Crippen molar-refractivity contribution >= 4 is 46.0 Å². The summed E-state index contributed by atoms with van der Waals surface area (Å²) in [5.74, 6) is -1.12. The van der Waals surface area contributed by atoms with E-state index in [0.29, 0.717) is 17.6 Å². The van der Waals surface area contributed by atoms with Gasteiger partial charge in [-0.15, -0.1) is 0 Å². The number of nitrogen functional groups attached to an aromatic ring is 1. The van der Waals surface area contributed by atoms with E-state index in [1.165, 1.54) is 18.1 Å². The number of hydroxylamine groups is 1. The van der Waals surface area contributed by atoms with Gasteiger partial charge in [0, 0.05) is 12.8 Å². The van der Waals surface area contributed by atoms with Gasteiger partial charge in [0.15, 0.2) is 17.7 Å². The zero-order chi connectivity index (χ0) is 31.4. The Morgan fingerprint density at radius 1 is 1.07 bits per heavy atom. The molecule has 3 heterocycles. The maximum absolute atomic E-state index is 12.7. The summed E-state index contributed by atoms with van der Waals surface area (Å²) in [6.45, 7) is 16.4. The van der Waals surface area contributed by atoms with Crippen LogP contribution in [0.15, 0.2) is 12.7 Å². The third-order valence-electron chi connectivity index (χ3n) is 7.85. The molecule has 16 heteroatoms. The minimum absolute atomic E-state index is 0.0294. The molecule has 42 heavy (non-hydrogen) atoms. The van der Waals surface area contributed by atoms with Gasteiger partial charge >= 0.3 is 23.1 Å². The minimum Gasteiger partial charge on any atom is -0.457 e. The van der Waals surface area contributed by atoms with Crippen LogP contribution in [0.3, 0.4) is 0 Å². The van der Waals surface area contributed by atoms with Gasteiger partial charge in [-0.25, -0.2) is 20.4 Å². The quantitative estimate of drug-likeness (QED) is 0.103. The highest BCUT2D eigenvalue weighted by Gasteiger charge is 2.55. The molecule has 0 spiro atoms. The second-order valence-corrected chi connectivity index (χ2v) is 20.7. The number of imidazole rings is 1. The van der Waals surface area contributed by atoms with E-state index in [4.69, 9.17) is 29.0 Å². The Balaban J connectivity index is 1.88. The molecule has 1 fully saturated rings. The third kappa shape index (κ3) is 7.18. The highest BCUT2D eigenvalue weighted by Crippen LogP contribution is 2.43. The predicted molar refractivity (Wildman–Crippen MR) is 158 cm³/mol. The standard InChI is InChI=1S/C26H46N6O8Si2/c1-15(2)41(36,16(3)4)40-42(17(5)6,18(7)8)37-12-19-11-20(39-22(34)10-9-21(33)31-35)26(38-19)32-14-30-23-24(27)28-13-29-25(23)32/h13-20,26,35-36H,9-12H2,1-8H3,(H,31,33)(H2,27,28,29)/t19-,20-,26+/m0/s1. The molecule has 2 aromatic heterocycles. The van der Waals surface area contributed by atoms with Crippen molar-refractivity contribution in [1.82, 2.24) is 25.0 Å². The number of fused-ring (bicyclic) bond motifs is 1. The Morgan fingerprint density at radius 2 is 1.71 bits per heavy atom. The van der Waals surface area contributed by atoms with Crippen LogP contribution in [0.4, 0.5) is 5.82 Å². The Bertz CT molecular complexity index is 1210. The van der Waals surface area contributed by atoms with Crippen molar-refractivity contribution in [3.05, 3.63) is 12.7 Å². The van der Waals surface area contributed by atoms with Crippen LogP contribution in [0.1, 0.15) is 80.9 Å². The first kappa shape index (κ1) is 34.0. The van der Waals surface area contributed by atoms with Gasteiger partial charge in [-0.3, -0.25) is 19.4 Å². The number of hydrogen-bond donors (Lipinski definition) is 4. The van der Waals surface area contributed by atoms with Crippen molar-refractivity contribution in [2.75, 3.05) is 12.3 Å². The molecule has 0 aliphatic carbocycles. The van der Waals surface area contributed by atoms with Crippen LogP contribution >= 0.6 is 0 Å². The van der Waals surface area contributed by atoms with Crippen molar-refractivity contribution in [3.8, 4) is 0 Å². The SMILES string of the molecule is CC(C)[Si](O)(O[Si](OC[C@@H]1C[C@H](OC(=O)CCC(=O)NO)[C@H](n2cnc3c(N)ncnc32)O1)(C(C)C)C(C)C)C(C)C. The maximum Gasteiger partial charge on any atom is 0.334 e.